The molecule has 9 nitrogen and oxygen atoms in total. The minimum atomic E-state index is -1.14. The molecule has 9 heteroatoms. The topological polar surface area (TPSA) is 133 Å². The number of anilines is 1. The molecule has 1 aliphatic carbocycles. The maximum absolute atomic E-state index is 12.4. The van der Waals surface area contributed by atoms with E-state index in [4.69, 9.17) is 4.74 Å². The van der Waals surface area contributed by atoms with Crippen molar-refractivity contribution in [3.05, 3.63) is 71.4 Å². The Balaban J connectivity index is 1.38. The predicted octanol–water partition coefficient (Wildman–Crippen LogP) is 4.00. The Morgan fingerprint density at radius 2 is 1.65 bits per heavy atom. The van der Waals surface area contributed by atoms with Gasteiger partial charge in [0.2, 0.25) is 0 Å². The molecule has 0 spiro atoms. The Morgan fingerprint density at radius 3 is 2.21 bits per heavy atom. The minimum Gasteiger partial charge on any atom is -0.480 e. The summed E-state index contributed by atoms with van der Waals surface area (Å²) < 4.78 is 5.47. The first-order chi connectivity index (χ1) is 16.1. The summed E-state index contributed by atoms with van der Waals surface area (Å²) in [6.45, 7) is 5.28. The van der Waals surface area contributed by atoms with E-state index in [9.17, 15) is 19.5 Å². The van der Waals surface area contributed by atoms with Gasteiger partial charge in [-0.05, 0) is 27.7 Å². The molecule has 0 aliphatic heterocycles. The number of ether oxygens (including phenoxy) is 1. The molecule has 0 fully saturated rings. The van der Waals surface area contributed by atoms with Gasteiger partial charge in [0.05, 0.1) is 0 Å². The summed E-state index contributed by atoms with van der Waals surface area (Å²) in [4.78, 5) is 36.3. The van der Waals surface area contributed by atoms with Crippen molar-refractivity contribution in [1.82, 2.24) is 15.5 Å². The highest BCUT2D eigenvalue weighted by molar-refractivity contribution is 5.96. The Morgan fingerprint density at radius 1 is 1.06 bits per heavy atom. The van der Waals surface area contributed by atoms with Gasteiger partial charge in [0.15, 0.2) is 5.82 Å². The van der Waals surface area contributed by atoms with Crippen LogP contribution in [0.3, 0.4) is 0 Å². The lowest BCUT2D eigenvalue weighted by Gasteiger charge is -2.27. The number of aromatic nitrogens is 2. The van der Waals surface area contributed by atoms with Crippen molar-refractivity contribution in [2.75, 3.05) is 11.9 Å². The lowest BCUT2D eigenvalue weighted by Crippen LogP contribution is -2.49. The third-order valence-electron chi connectivity index (χ3n) is 5.78. The Labute approximate surface area is 196 Å². The molecule has 1 atom stereocenters. The van der Waals surface area contributed by atoms with Gasteiger partial charge >= 0.3 is 12.1 Å². The highest BCUT2D eigenvalue weighted by Gasteiger charge is 2.33. The first-order valence-corrected chi connectivity index (χ1v) is 10.9. The number of hydrogen-bond donors (Lipinski definition) is 4. The summed E-state index contributed by atoms with van der Waals surface area (Å²) in [5.41, 5.74) is 3.78. The number of carboxylic acid groups (broad SMARTS) is 1. The van der Waals surface area contributed by atoms with Crippen molar-refractivity contribution in [1.29, 1.82) is 0 Å². The summed E-state index contributed by atoms with van der Waals surface area (Å²) in [5, 5.41) is 20.8. The number of rotatable bonds is 6. The van der Waals surface area contributed by atoms with Crippen LogP contribution in [0, 0.1) is 5.41 Å². The van der Waals surface area contributed by atoms with Crippen LogP contribution in [-0.4, -0.2) is 45.9 Å². The third-order valence-corrected chi connectivity index (χ3v) is 5.78. The van der Waals surface area contributed by atoms with Gasteiger partial charge in [-0.1, -0.05) is 69.3 Å². The molecule has 176 valence electrons. The number of hydrogen-bond acceptors (Lipinski definition) is 5. The third kappa shape index (κ3) is 4.63. The normalized spacial score (nSPS) is 13.5. The Hall–Kier alpha value is -4.14. The van der Waals surface area contributed by atoms with Crippen molar-refractivity contribution >= 4 is 23.8 Å². The molecule has 1 aromatic heterocycles. The molecule has 1 aliphatic rings. The van der Waals surface area contributed by atoms with E-state index in [1.807, 2.05) is 36.4 Å². The number of carboxylic acids is 1. The molecule has 4 rings (SSSR count). The van der Waals surface area contributed by atoms with E-state index < -0.39 is 29.4 Å². The van der Waals surface area contributed by atoms with Crippen LogP contribution >= 0.6 is 0 Å². The SMILES string of the molecule is CC(C)(C)[C@@H](NC(=O)c1cc(NC(=O)OCC2c3ccccc3-c3ccccc32)n[nH]1)C(=O)O. The van der Waals surface area contributed by atoms with Crippen LogP contribution in [0.15, 0.2) is 54.6 Å². The van der Waals surface area contributed by atoms with E-state index >= 15 is 0 Å². The zero-order chi connectivity index (χ0) is 24.5. The van der Waals surface area contributed by atoms with Gasteiger partial charge in [0.25, 0.3) is 5.91 Å². The molecular weight excluding hydrogens is 436 g/mol. The van der Waals surface area contributed by atoms with Gasteiger partial charge in [0.1, 0.15) is 18.3 Å². The summed E-state index contributed by atoms with van der Waals surface area (Å²) in [5.74, 6) is -1.78. The predicted molar refractivity (Wildman–Crippen MR) is 126 cm³/mol. The molecule has 0 unspecified atom stereocenters. The second kappa shape index (κ2) is 9.01. The van der Waals surface area contributed by atoms with Gasteiger partial charge in [-0.2, -0.15) is 5.10 Å². The van der Waals surface area contributed by atoms with Crippen LogP contribution in [0.1, 0.15) is 48.3 Å². The molecule has 2 aromatic carbocycles. The lowest BCUT2D eigenvalue weighted by atomic mass is 9.86. The number of aromatic amines is 1. The van der Waals surface area contributed by atoms with Crippen molar-refractivity contribution in [2.45, 2.75) is 32.7 Å². The second-order valence-corrected chi connectivity index (χ2v) is 9.23. The van der Waals surface area contributed by atoms with E-state index in [-0.39, 0.29) is 24.0 Å². The van der Waals surface area contributed by atoms with E-state index in [0.29, 0.717) is 0 Å². The maximum Gasteiger partial charge on any atom is 0.412 e. The largest absolute Gasteiger partial charge is 0.480 e. The number of carbonyl (C=O) groups is 3. The highest BCUT2D eigenvalue weighted by atomic mass is 16.5. The van der Waals surface area contributed by atoms with Crippen LogP contribution in [0.25, 0.3) is 11.1 Å². The van der Waals surface area contributed by atoms with Crippen molar-refractivity contribution in [2.24, 2.45) is 5.41 Å². The van der Waals surface area contributed by atoms with Crippen LogP contribution in [0.2, 0.25) is 0 Å². The first kappa shape index (κ1) is 23.0. The number of aliphatic carboxylic acids is 1. The average Bonchev–Trinajstić information content (AvgIpc) is 3.37. The zero-order valence-corrected chi connectivity index (χ0v) is 19.1. The Kier molecular flexibility index (Phi) is 6.10. The number of carbonyl (C=O) groups excluding carboxylic acids is 2. The lowest BCUT2D eigenvalue weighted by molar-refractivity contribution is -0.142. The maximum atomic E-state index is 12.4. The fourth-order valence-corrected chi connectivity index (χ4v) is 4.10. The molecule has 0 saturated carbocycles. The second-order valence-electron chi connectivity index (χ2n) is 9.23. The molecule has 3 aromatic rings. The molecule has 0 radical (unpaired) electrons. The molecule has 0 bridgehead atoms. The first-order valence-electron chi connectivity index (χ1n) is 10.9. The molecule has 1 heterocycles. The molecule has 2 amide bonds. The van der Waals surface area contributed by atoms with E-state index in [1.54, 1.807) is 20.8 Å². The van der Waals surface area contributed by atoms with Gasteiger partial charge in [-0.25, -0.2) is 9.59 Å². The van der Waals surface area contributed by atoms with E-state index in [2.05, 4.69) is 33.0 Å². The molecule has 0 saturated heterocycles. The average molecular weight is 463 g/mol. The van der Waals surface area contributed by atoms with E-state index in [0.717, 1.165) is 22.3 Å². The monoisotopic (exact) mass is 462 g/mol. The van der Waals surface area contributed by atoms with E-state index in [1.165, 1.54) is 6.07 Å². The smallest absolute Gasteiger partial charge is 0.412 e. The number of nitrogens with one attached hydrogen (secondary N) is 3. The van der Waals surface area contributed by atoms with Crippen molar-refractivity contribution in [3.8, 4) is 11.1 Å². The minimum absolute atomic E-state index is 0.0180. The number of benzene rings is 2. The standard InChI is InChI=1S/C25H26N4O5/c1-25(2,3)21(23(31)32)27-22(30)19-12-20(29-28-19)26-24(33)34-13-18-16-10-6-4-8-14(16)15-9-5-7-11-17(15)18/h4-12,18,21H,13H2,1-3H3,(H,27,30)(H,31,32)(H2,26,28,29,33)/t21-/m0/s1. The summed E-state index contributed by atoms with van der Waals surface area (Å²) in [7, 11) is 0. The summed E-state index contributed by atoms with van der Waals surface area (Å²) in [6, 6.07) is 16.3. The summed E-state index contributed by atoms with van der Waals surface area (Å²) >= 11 is 0. The number of amides is 2. The summed E-state index contributed by atoms with van der Waals surface area (Å²) in [6.07, 6.45) is -0.710. The zero-order valence-electron chi connectivity index (χ0n) is 19.1. The molecule has 34 heavy (non-hydrogen) atoms. The van der Waals surface area contributed by atoms with Gasteiger partial charge in [-0.3, -0.25) is 15.2 Å². The Bertz CT molecular complexity index is 1200. The fraction of sp³-hybridized carbons (Fsp3) is 0.280. The van der Waals surface area contributed by atoms with Crippen LogP contribution in [0.4, 0.5) is 10.6 Å². The quantitative estimate of drug-likeness (QED) is 0.438. The fourth-order valence-electron chi connectivity index (χ4n) is 4.10. The van der Waals surface area contributed by atoms with Crippen molar-refractivity contribution < 1.29 is 24.2 Å². The number of fused-ring (bicyclic) bond motifs is 3. The highest BCUT2D eigenvalue weighted by Crippen LogP contribution is 2.44. The number of nitrogens with zero attached hydrogens (tertiary/aromatic N) is 1. The molecule has 4 N–H and O–H groups in total. The van der Waals surface area contributed by atoms with Crippen LogP contribution < -0.4 is 10.6 Å². The molecular formula is C25H26N4O5. The van der Waals surface area contributed by atoms with Crippen LogP contribution in [-0.2, 0) is 9.53 Å². The van der Waals surface area contributed by atoms with Crippen molar-refractivity contribution in [3.63, 3.8) is 0 Å². The van der Waals surface area contributed by atoms with Crippen LogP contribution in [0.5, 0.6) is 0 Å². The van der Waals surface area contributed by atoms with Gasteiger partial charge in [-0.15, -0.1) is 0 Å². The number of H-pyrrole nitrogens is 1. The van der Waals surface area contributed by atoms with Gasteiger partial charge in [0, 0.05) is 12.0 Å². The van der Waals surface area contributed by atoms with Gasteiger partial charge < -0.3 is 15.2 Å².